The summed E-state index contributed by atoms with van der Waals surface area (Å²) in [5, 5.41) is 10.3. The predicted octanol–water partition coefficient (Wildman–Crippen LogP) is 0.0547. The first-order valence-electron chi connectivity index (χ1n) is 6.34. The number of unbranched alkanes of at least 4 members (excludes halogenated alkanes) is 1. The van der Waals surface area contributed by atoms with Crippen LogP contribution in [0.3, 0.4) is 0 Å². The first-order valence-corrected chi connectivity index (χ1v) is 6.88. The number of carbonyl (C=O) groups excluding carboxylic acids is 1. The van der Waals surface area contributed by atoms with E-state index in [0.717, 1.165) is 21.9 Å². The van der Waals surface area contributed by atoms with Gasteiger partial charge < -0.3 is 5.32 Å². The van der Waals surface area contributed by atoms with Crippen LogP contribution in [0.4, 0.5) is 0 Å². The van der Waals surface area contributed by atoms with Crippen molar-refractivity contribution in [1.82, 2.24) is 29.7 Å². The quantitative estimate of drug-likeness (QED) is 0.601. The molecular formula is C11H15ClN6O2. The van der Waals surface area contributed by atoms with Gasteiger partial charge in [-0.1, -0.05) is 18.6 Å². The molecule has 0 aliphatic rings. The molecule has 2 heterocycles. The molecule has 0 radical (unpaired) electrons. The number of imidazole rings is 1. The highest BCUT2D eigenvalue weighted by atomic mass is 35.5. The maximum Gasteiger partial charge on any atom is 0.353 e. The standard InChI is InChI=1S/C11H15ClN6O2/c1-2-3-5-13-10(19)9-14-7-8-15-16-17(6-4-12)11(20)18(8)9/h7H,2-6H2,1H3,(H,13,19). The van der Waals surface area contributed by atoms with Gasteiger partial charge in [-0.25, -0.2) is 14.2 Å². The molecule has 0 saturated heterocycles. The SMILES string of the molecule is CCCCNC(=O)c1ncc2nnn(CCCl)c(=O)n12. The molecule has 2 aromatic rings. The molecule has 8 nitrogen and oxygen atoms in total. The van der Waals surface area contributed by atoms with Crippen LogP contribution in [0.15, 0.2) is 11.0 Å². The highest BCUT2D eigenvalue weighted by Gasteiger charge is 2.16. The van der Waals surface area contributed by atoms with Crippen LogP contribution in [0, 0.1) is 0 Å². The lowest BCUT2D eigenvalue weighted by Gasteiger charge is -2.04. The number of nitrogens with zero attached hydrogens (tertiary/aromatic N) is 5. The van der Waals surface area contributed by atoms with E-state index in [0.29, 0.717) is 6.54 Å². The molecule has 0 saturated carbocycles. The van der Waals surface area contributed by atoms with Crippen LogP contribution in [-0.4, -0.2) is 42.7 Å². The van der Waals surface area contributed by atoms with Gasteiger partial charge in [-0.2, -0.15) is 4.68 Å². The molecule has 20 heavy (non-hydrogen) atoms. The van der Waals surface area contributed by atoms with Gasteiger partial charge in [0.2, 0.25) is 5.82 Å². The Morgan fingerprint density at radius 3 is 3.00 bits per heavy atom. The number of alkyl halides is 1. The van der Waals surface area contributed by atoms with Gasteiger partial charge in [-0.05, 0) is 6.42 Å². The molecule has 9 heteroatoms. The first-order chi connectivity index (χ1) is 9.69. The van der Waals surface area contributed by atoms with Crippen molar-refractivity contribution in [1.29, 1.82) is 0 Å². The number of halogens is 1. The van der Waals surface area contributed by atoms with Crippen LogP contribution >= 0.6 is 11.6 Å². The van der Waals surface area contributed by atoms with Crippen molar-refractivity contribution in [3.8, 4) is 0 Å². The number of rotatable bonds is 6. The fourth-order valence-electron chi connectivity index (χ4n) is 1.69. The van der Waals surface area contributed by atoms with Crippen molar-refractivity contribution in [2.75, 3.05) is 12.4 Å². The Kier molecular flexibility index (Phi) is 4.67. The lowest BCUT2D eigenvalue weighted by molar-refractivity contribution is 0.0941. The third kappa shape index (κ3) is 2.79. The van der Waals surface area contributed by atoms with E-state index in [2.05, 4.69) is 20.6 Å². The van der Waals surface area contributed by atoms with E-state index in [1.807, 2.05) is 6.92 Å². The van der Waals surface area contributed by atoms with Gasteiger partial charge in [-0.3, -0.25) is 4.79 Å². The second-order valence-electron chi connectivity index (χ2n) is 4.17. The molecule has 1 amide bonds. The molecule has 2 aromatic heterocycles. The average Bonchev–Trinajstić information content (AvgIpc) is 2.87. The summed E-state index contributed by atoms with van der Waals surface area (Å²) in [5.74, 6) is -0.160. The summed E-state index contributed by atoms with van der Waals surface area (Å²) in [7, 11) is 0. The normalized spacial score (nSPS) is 10.9. The Morgan fingerprint density at radius 1 is 1.50 bits per heavy atom. The van der Waals surface area contributed by atoms with Crippen molar-refractivity contribution >= 4 is 23.2 Å². The number of aryl methyl sites for hydroxylation is 1. The van der Waals surface area contributed by atoms with Gasteiger partial charge in [0.15, 0.2) is 5.65 Å². The summed E-state index contributed by atoms with van der Waals surface area (Å²) in [4.78, 5) is 28.1. The summed E-state index contributed by atoms with van der Waals surface area (Å²) in [6.07, 6.45) is 3.18. The highest BCUT2D eigenvalue weighted by molar-refractivity contribution is 6.17. The smallest absolute Gasteiger partial charge is 0.349 e. The number of hydrogen-bond acceptors (Lipinski definition) is 5. The lowest BCUT2D eigenvalue weighted by atomic mass is 10.3. The Balaban J connectivity index is 2.36. The fourth-order valence-corrected chi connectivity index (χ4v) is 1.85. The molecule has 0 unspecified atom stereocenters. The minimum absolute atomic E-state index is 0.0133. The van der Waals surface area contributed by atoms with Crippen LogP contribution < -0.4 is 11.0 Å². The molecule has 0 spiro atoms. The van der Waals surface area contributed by atoms with Crippen LogP contribution in [0.5, 0.6) is 0 Å². The molecule has 0 bridgehead atoms. The number of fused-ring (bicyclic) bond motifs is 1. The van der Waals surface area contributed by atoms with Gasteiger partial charge in [0.1, 0.15) is 0 Å². The van der Waals surface area contributed by atoms with Crippen LogP contribution in [0.1, 0.15) is 30.4 Å². The Hall–Kier alpha value is -1.96. The van der Waals surface area contributed by atoms with E-state index in [1.54, 1.807) is 0 Å². The molecule has 0 aromatic carbocycles. The van der Waals surface area contributed by atoms with Crippen LogP contribution in [-0.2, 0) is 6.54 Å². The van der Waals surface area contributed by atoms with E-state index >= 15 is 0 Å². The number of aromatic nitrogens is 5. The van der Waals surface area contributed by atoms with Crippen LogP contribution in [0.25, 0.3) is 5.65 Å². The van der Waals surface area contributed by atoms with Gasteiger partial charge in [-0.15, -0.1) is 16.7 Å². The third-order valence-corrected chi connectivity index (χ3v) is 2.89. The molecule has 0 aliphatic heterocycles. The topological polar surface area (TPSA) is 94.2 Å². The monoisotopic (exact) mass is 298 g/mol. The van der Waals surface area contributed by atoms with Crippen molar-refractivity contribution in [2.24, 2.45) is 0 Å². The predicted molar refractivity (Wildman–Crippen MR) is 73.0 cm³/mol. The molecule has 0 fully saturated rings. The lowest BCUT2D eigenvalue weighted by Crippen LogP contribution is -2.35. The molecule has 108 valence electrons. The Morgan fingerprint density at radius 2 is 2.30 bits per heavy atom. The zero-order valence-electron chi connectivity index (χ0n) is 11.0. The summed E-state index contributed by atoms with van der Waals surface area (Å²) < 4.78 is 2.24. The molecular weight excluding hydrogens is 284 g/mol. The average molecular weight is 299 g/mol. The second kappa shape index (κ2) is 6.47. The number of hydrogen-bond donors (Lipinski definition) is 1. The Bertz CT molecular complexity index is 664. The van der Waals surface area contributed by atoms with Crippen molar-refractivity contribution in [3.05, 3.63) is 22.5 Å². The fraction of sp³-hybridized carbons (Fsp3) is 0.545. The molecule has 0 atom stereocenters. The van der Waals surface area contributed by atoms with Gasteiger partial charge in [0.25, 0.3) is 5.91 Å². The molecule has 1 N–H and O–H groups in total. The summed E-state index contributed by atoms with van der Waals surface area (Å²) in [6.45, 7) is 2.79. The van der Waals surface area contributed by atoms with E-state index in [-0.39, 0.29) is 23.9 Å². The maximum absolute atomic E-state index is 12.2. The van der Waals surface area contributed by atoms with Crippen molar-refractivity contribution in [3.63, 3.8) is 0 Å². The maximum atomic E-state index is 12.2. The zero-order chi connectivity index (χ0) is 14.5. The number of carbonyl (C=O) groups is 1. The molecule has 2 rings (SSSR count). The van der Waals surface area contributed by atoms with E-state index in [1.165, 1.54) is 6.20 Å². The van der Waals surface area contributed by atoms with Gasteiger partial charge in [0, 0.05) is 12.4 Å². The summed E-state index contributed by atoms with van der Waals surface area (Å²) in [6, 6.07) is 0. The van der Waals surface area contributed by atoms with E-state index < -0.39 is 11.6 Å². The summed E-state index contributed by atoms with van der Waals surface area (Å²) >= 11 is 5.59. The zero-order valence-corrected chi connectivity index (χ0v) is 11.8. The van der Waals surface area contributed by atoms with Gasteiger partial charge in [0.05, 0.1) is 12.7 Å². The number of amides is 1. The third-order valence-electron chi connectivity index (χ3n) is 2.73. The summed E-state index contributed by atoms with van der Waals surface area (Å²) in [5.41, 5.74) is -0.241. The van der Waals surface area contributed by atoms with Crippen LogP contribution in [0.2, 0.25) is 0 Å². The second-order valence-corrected chi connectivity index (χ2v) is 4.55. The largest absolute Gasteiger partial charge is 0.353 e. The highest BCUT2D eigenvalue weighted by Crippen LogP contribution is 1.99. The van der Waals surface area contributed by atoms with E-state index in [4.69, 9.17) is 11.6 Å². The Labute approximate surface area is 119 Å². The minimum Gasteiger partial charge on any atom is -0.349 e. The van der Waals surface area contributed by atoms with Crippen molar-refractivity contribution < 1.29 is 4.79 Å². The number of nitrogens with one attached hydrogen (secondary N) is 1. The van der Waals surface area contributed by atoms with Crippen molar-refractivity contribution in [2.45, 2.75) is 26.3 Å². The first kappa shape index (κ1) is 14.4. The van der Waals surface area contributed by atoms with E-state index in [9.17, 15) is 9.59 Å². The van der Waals surface area contributed by atoms with Gasteiger partial charge >= 0.3 is 5.69 Å². The molecule has 0 aliphatic carbocycles. The minimum atomic E-state index is -0.478.